The van der Waals surface area contributed by atoms with Gasteiger partial charge >= 0.3 is 18.3 Å². The number of carboxylic acid groups (broad SMARTS) is 1. The van der Waals surface area contributed by atoms with Crippen LogP contribution in [0.3, 0.4) is 0 Å². The first-order valence-corrected chi connectivity index (χ1v) is 11.9. The molecule has 2 aliphatic rings. The molecule has 14 heteroatoms. The minimum absolute atomic E-state index is 0.0724. The average molecular weight is 535 g/mol. The number of aromatic nitrogens is 3. The van der Waals surface area contributed by atoms with Crippen molar-refractivity contribution in [1.82, 2.24) is 19.9 Å². The molecule has 2 aromatic heterocycles. The Kier molecular flexibility index (Phi) is 6.93. The molecule has 0 bridgehead atoms. The number of nitrogens with zero attached hydrogens (tertiary/aromatic N) is 3. The lowest BCUT2D eigenvalue weighted by Gasteiger charge is -2.37. The van der Waals surface area contributed by atoms with Gasteiger partial charge in [-0.1, -0.05) is 19.8 Å². The second kappa shape index (κ2) is 9.44. The molecule has 1 saturated carbocycles. The number of nitrogens with one attached hydrogen (secondary N) is 1. The fourth-order valence-corrected chi connectivity index (χ4v) is 5.30. The van der Waals surface area contributed by atoms with Gasteiger partial charge in [0.1, 0.15) is 0 Å². The second-order valence-electron chi connectivity index (χ2n) is 10.2. The van der Waals surface area contributed by atoms with Crippen molar-refractivity contribution in [3.05, 3.63) is 29.2 Å². The summed E-state index contributed by atoms with van der Waals surface area (Å²) in [6.45, 7) is 1.27. The highest BCUT2D eigenvalue weighted by atomic mass is 19.4. The highest BCUT2D eigenvalue weighted by Gasteiger charge is 2.57. The Bertz CT molecular complexity index is 1190. The van der Waals surface area contributed by atoms with E-state index < -0.39 is 72.2 Å². The summed E-state index contributed by atoms with van der Waals surface area (Å²) in [4.78, 5) is 28.9. The van der Waals surface area contributed by atoms with E-state index in [1.165, 1.54) is 6.20 Å². The van der Waals surface area contributed by atoms with Crippen LogP contribution in [0.1, 0.15) is 62.0 Å². The van der Waals surface area contributed by atoms with Crippen molar-refractivity contribution in [2.45, 2.75) is 63.8 Å². The molecule has 204 valence electrons. The second-order valence-corrected chi connectivity index (χ2v) is 10.2. The van der Waals surface area contributed by atoms with Gasteiger partial charge in [-0.05, 0) is 37.2 Å². The molecule has 37 heavy (non-hydrogen) atoms. The van der Waals surface area contributed by atoms with Gasteiger partial charge in [0.2, 0.25) is 5.91 Å². The van der Waals surface area contributed by atoms with Crippen LogP contribution in [-0.2, 0) is 22.2 Å². The van der Waals surface area contributed by atoms with Gasteiger partial charge in [0.25, 0.3) is 0 Å². The highest BCUT2D eigenvalue weighted by Crippen LogP contribution is 2.43. The Labute approximate surface area is 207 Å². The van der Waals surface area contributed by atoms with Crippen molar-refractivity contribution in [3.63, 3.8) is 0 Å². The van der Waals surface area contributed by atoms with Crippen LogP contribution in [-0.4, -0.2) is 44.3 Å². The molecule has 2 aromatic rings. The van der Waals surface area contributed by atoms with Crippen molar-refractivity contribution < 1.29 is 41.0 Å². The number of imidazole rings is 1. The van der Waals surface area contributed by atoms with Crippen molar-refractivity contribution >= 4 is 17.5 Å². The predicted molar refractivity (Wildman–Crippen MR) is 117 cm³/mol. The average Bonchev–Trinajstić information content (AvgIpc) is 3.21. The van der Waals surface area contributed by atoms with E-state index in [1.807, 2.05) is 5.32 Å². The molecule has 0 unspecified atom stereocenters. The summed E-state index contributed by atoms with van der Waals surface area (Å²) < 4.78 is 83.1. The lowest BCUT2D eigenvalue weighted by atomic mass is 9.71. The van der Waals surface area contributed by atoms with E-state index in [1.54, 1.807) is 0 Å². The Hall–Kier alpha value is -2.90. The van der Waals surface area contributed by atoms with Crippen molar-refractivity contribution in [1.29, 1.82) is 0 Å². The number of carboxylic acids is 1. The van der Waals surface area contributed by atoms with Crippen molar-refractivity contribution in [2.75, 3.05) is 6.54 Å². The van der Waals surface area contributed by atoms with E-state index in [4.69, 9.17) is 5.73 Å². The first-order valence-electron chi connectivity index (χ1n) is 11.9. The first kappa shape index (κ1) is 27.1. The van der Waals surface area contributed by atoms with E-state index in [2.05, 4.69) is 17.0 Å². The van der Waals surface area contributed by atoms with Crippen LogP contribution in [0, 0.1) is 23.2 Å². The van der Waals surface area contributed by atoms with Crippen molar-refractivity contribution in [2.24, 2.45) is 28.9 Å². The van der Waals surface area contributed by atoms with E-state index in [0.717, 1.165) is 30.2 Å². The van der Waals surface area contributed by atoms with Crippen LogP contribution in [0.15, 0.2) is 12.3 Å². The molecule has 8 nitrogen and oxygen atoms in total. The van der Waals surface area contributed by atoms with E-state index in [-0.39, 0.29) is 11.6 Å². The van der Waals surface area contributed by atoms with Crippen LogP contribution in [0.25, 0.3) is 5.65 Å². The van der Waals surface area contributed by atoms with Gasteiger partial charge < -0.3 is 16.2 Å². The van der Waals surface area contributed by atoms with Gasteiger partial charge in [-0.15, -0.1) is 0 Å². The fraction of sp³-hybridized carbons (Fsp3) is 0.652. The number of aliphatic carboxylic acids is 1. The molecule has 4 N–H and O–H groups in total. The maximum Gasteiger partial charge on any atom is 0.418 e. The topological polar surface area (TPSA) is 123 Å². The highest BCUT2D eigenvalue weighted by molar-refractivity contribution is 6.02. The fourth-order valence-electron chi connectivity index (χ4n) is 5.30. The Morgan fingerprint density at radius 1 is 1.24 bits per heavy atom. The number of piperidine rings is 1. The van der Waals surface area contributed by atoms with Gasteiger partial charge in [-0.3, -0.25) is 9.59 Å². The Balaban J connectivity index is 1.75. The standard InChI is InChI=1S/C23H27F6N5O3/c1-11-2-4-12(5-3-11)18(30)16-10-34-17(32-16)6-14(23(27,28)29)15(33-34)8-21(20(36)37)7-13(22(24,25)26)9-31-19(21)35/h6,10-13,18H,2-5,7-9,30H2,1H3,(H,31,35)(H,36,37)/t11?,12?,13-,18+,21+/m1/s1. The number of rotatable bonds is 5. The van der Waals surface area contributed by atoms with Gasteiger partial charge in [-0.2, -0.15) is 31.4 Å². The van der Waals surface area contributed by atoms with E-state index in [0.29, 0.717) is 17.7 Å². The first-order chi connectivity index (χ1) is 17.1. The van der Waals surface area contributed by atoms with Crippen LogP contribution < -0.4 is 11.1 Å². The molecule has 4 rings (SSSR count). The molecule has 3 atom stereocenters. The lowest BCUT2D eigenvalue weighted by Crippen LogP contribution is -2.57. The van der Waals surface area contributed by atoms with Gasteiger partial charge in [0.05, 0.1) is 35.1 Å². The monoisotopic (exact) mass is 535 g/mol. The zero-order chi connectivity index (χ0) is 27.3. The normalized spacial score (nSPS) is 28.2. The van der Waals surface area contributed by atoms with Crippen LogP contribution in [0.2, 0.25) is 0 Å². The molecular weight excluding hydrogens is 508 g/mol. The Morgan fingerprint density at radius 3 is 2.46 bits per heavy atom. The zero-order valence-electron chi connectivity index (χ0n) is 19.9. The summed E-state index contributed by atoms with van der Waals surface area (Å²) in [6.07, 6.45) is -7.36. The molecule has 0 spiro atoms. The molecule has 3 heterocycles. The Morgan fingerprint density at radius 2 is 1.89 bits per heavy atom. The summed E-state index contributed by atoms with van der Waals surface area (Å²) in [6, 6.07) is 0.0907. The molecule has 2 fully saturated rings. The maximum atomic E-state index is 14.0. The summed E-state index contributed by atoms with van der Waals surface area (Å²) >= 11 is 0. The summed E-state index contributed by atoms with van der Waals surface area (Å²) in [5.74, 6) is -4.87. The smallest absolute Gasteiger partial charge is 0.418 e. The van der Waals surface area contributed by atoms with Crippen LogP contribution in [0.4, 0.5) is 26.3 Å². The van der Waals surface area contributed by atoms with Gasteiger partial charge in [-0.25, -0.2) is 9.50 Å². The number of hydrogen-bond donors (Lipinski definition) is 3. The maximum absolute atomic E-state index is 14.0. The molecule has 1 aliphatic carbocycles. The molecule has 0 radical (unpaired) electrons. The van der Waals surface area contributed by atoms with Crippen LogP contribution >= 0.6 is 0 Å². The van der Waals surface area contributed by atoms with E-state index >= 15 is 0 Å². The van der Waals surface area contributed by atoms with Crippen molar-refractivity contribution in [3.8, 4) is 0 Å². The summed E-state index contributed by atoms with van der Waals surface area (Å²) in [5, 5.41) is 15.6. The number of amides is 1. The lowest BCUT2D eigenvalue weighted by molar-refractivity contribution is -0.194. The number of hydrogen-bond acceptors (Lipinski definition) is 5. The third kappa shape index (κ3) is 5.25. The third-order valence-corrected chi connectivity index (χ3v) is 7.64. The minimum atomic E-state index is -5.04. The van der Waals surface area contributed by atoms with E-state index in [9.17, 15) is 41.0 Å². The molecule has 1 amide bonds. The minimum Gasteiger partial charge on any atom is -0.480 e. The summed E-state index contributed by atoms with van der Waals surface area (Å²) in [5.41, 5.74) is 1.43. The number of fused-ring (bicyclic) bond motifs is 1. The predicted octanol–water partition coefficient (Wildman–Crippen LogP) is 3.89. The summed E-state index contributed by atoms with van der Waals surface area (Å²) in [7, 11) is 0. The molecule has 1 aliphatic heterocycles. The molecular formula is C23H27F6N5O3. The number of halogens is 6. The SMILES string of the molecule is CC1CCC([C@H](N)c2cn3nc(C[C@@]4(C(=O)O)C[C@@H](C(F)(F)F)CNC4=O)c(C(F)(F)F)cc3n2)CC1. The van der Waals surface area contributed by atoms with Gasteiger partial charge in [0.15, 0.2) is 11.1 Å². The van der Waals surface area contributed by atoms with Crippen LogP contribution in [0.5, 0.6) is 0 Å². The molecule has 1 saturated heterocycles. The largest absolute Gasteiger partial charge is 0.480 e. The number of nitrogens with two attached hydrogens (primary N) is 1. The number of alkyl halides is 6. The zero-order valence-corrected chi connectivity index (χ0v) is 19.9. The quantitative estimate of drug-likeness (QED) is 0.395. The molecule has 0 aromatic carbocycles. The third-order valence-electron chi connectivity index (χ3n) is 7.64. The van der Waals surface area contributed by atoms with Gasteiger partial charge in [0, 0.05) is 13.0 Å². The number of carbonyl (C=O) groups excluding carboxylic acids is 1. The number of carbonyl (C=O) groups is 2.